The van der Waals surface area contributed by atoms with Crippen LogP contribution in [0.25, 0.3) is 15.6 Å². The summed E-state index contributed by atoms with van der Waals surface area (Å²) in [6.45, 7) is 15.2. The Morgan fingerprint density at radius 2 is 1.75 bits per heavy atom. The van der Waals surface area contributed by atoms with Crippen molar-refractivity contribution in [2.75, 3.05) is 26.2 Å². The maximum absolute atomic E-state index is 12.8. The molecule has 1 fully saturated rings. The van der Waals surface area contributed by atoms with Crippen LogP contribution >= 0.6 is 0 Å². The van der Waals surface area contributed by atoms with Crippen LogP contribution in [-0.2, 0) is 6.54 Å². The lowest BCUT2D eigenvalue weighted by molar-refractivity contribution is 0.0595. The highest BCUT2D eigenvalue weighted by atomic mass is 16.2. The predicted octanol–water partition coefficient (Wildman–Crippen LogP) is 3.43. The highest BCUT2D eigenvalue weighted by molar-refractivity contribution is 5.98. The van der Waals surface area contributed by atoms with Crippen LogP contribution in [0.15, 0.2) is 36.4 Å². The van der Waals surface area contributed by atoms with Crippen LogP contribution in [0, 0.1) is 6.57 Å². The maximum atomic E-state index is 12.8. The first-order valence-electron chi connectivity index (χ1n) is 8.47. The Balaban J connectivity index is 1.76. The number of amides is 1. The van der Waals surface area contributed by atoms with E-state index in [4.69, 9.17) is 6.57 Å². The van der Waals surface area contributed by atoms with Gasteiger partial charge in [0.15, 0.2) is 0 Å². The van der Waals surface area contributed by atoms with E-state index in [0.717, 1.165) is 48.1 Å². The molecule has 0 N–H and O–H groups in total. The molecule has 2 aromatic rings. The molecule has 4 nitrogen and oxygen atoms in total. The third-order valence-corrected chi connectivity index (χ3v) is 4.75. The molecule has 0 saturated carbocycles. The monoisotopic (exact) mass is 321 g/mol. The number of hydrogen-bond acceptors (Lipinski definition) is 2. The molecular weight excluding hydrogens is 298 g/mol. The van der Waals surface area contributed by atoms with E-state index < -0.39 is 0 Å². The minimum Gasteiger partial charge on any atom is -0.336 e. The molecule has 2 aromatic carbocycles. The second-order valence-electron chi connectivity index (χ2n) is 6.63. The molecule has 0 aliphatic carbocycles. The van der Waals surface area contributed by atoms with Crippen molar-refractivity contribution in [3.8, 4) is 0 Å². The summed E-state index contributed by atoms with van der Waals surface area (Å²) in [6.07, 6.45) is 0. The van der Waals surface area contributed by atoms with Gasteiger partial charge in [0.05, 0.1) is 0 Å². The smallest absolute Gasteiger partial charge is 0.253 e. The highest BCUT2D eigenvalue weighted by Crippen LogP contribution is 2.20. The second kappa shape index (κ2) is 7.02. The third-order valence-electron chi connectivity index (χ3n) is 4.75. The van der Waals surface area contributed by atoms with Crippen LogP contribution in [-0.4, -0.2) is 47.9 Å². The highest BCUT2D eigenvalue weighted by Gasteiger charge is 2.23. The van der Waals surface area contributed by atoms with Gasteiger partial charge in [-0.1, -0.05) is 18.2 Å². The molecule has 0 spiro atoms. The van der Waals surface area contributed by atoms with E-state index in [1.807, 2.05) is 41.3 Å². The predicted molar refractivity (Wildman–Crippen MR) is 96.9 cm³/mol. The van der Waals surface area contributed by atoms with Gasteiger partial charge in [0.25, 0.3) is 5.91 Å². The fourth-order valence-electron chi connectivity index (χ4n) is 3.24. The quantitative estimate of drug-likeness (QED) is 0.810. The van der Waals surface area contributed by atoms with Crippen LogP contribution in [0.2, 0.25) is 0 Å². The Morgan fingerprint density at radius 3 is 2.42 bits per heavy atom. The number of fused-ring (bicyclic) bond motifs is 1. The van der Waals surface area contributed by atoms with Crippen LogP contribution < -0.4 is 0 Å². The Bertz CT molecular complexity index is 783. The van der Waals surface area contributed by atoms with Crippen molar-refractivity contribution < 1.29 is 4.79 Å². The number of nitrogens with zero attached hydrogens (tertiary/aromatic N) is 3. The summed E-state index contributed by atoms with van der Waals surface area (Å²) in [5.41, 5.74) is 1.76. The number of carbonyl (C=O) groups excluding carboxylic acids is 1. The largest absolute Gasteiger partial charge is 0.336 e. The van der Waals surface area contributed by atoms with Gasteiger partial charge in [-0.05, 0) is 42.8 Å². The fourth-order valence-corrected chi connectivity index (χ4v) is 3.24. The summed E-state index contributed by atoms with van der Waals surface area (Å²) < 4.78 is 0. The number of rotatable bonds is 3. The summed E-state index contributed by atoms with van der Waals surface area (Å²) in [5, 5.41) is 2.13. The molecule has 0 atom stereocenters. The van der Waals surface area contributed by atoms with E-state index in [1.54, 1.807) is 0 Å². The van der Waals surface area contributed by atoms with Gasteiger partial charge in [-0.2, -0.15) is 0 Å². The van der Waals surface area contributed by atoms with Crippen molar-refractivity contribution in [3.63, 3.8) is 0 Å². The first-order valence-corrected chi connectivity index (χ1v) is 8.47. The van der Waals surface area contributed by atoms with Crippen molar-refractivity contribution >= 4 is 16.7 Å². The van der Waals surface area contributed by atoms with E-state index >= 15 is 0 Å². The zero-order valence-corrected chi connectivity index (χ0v) is 14.3. The molecule has 1 aliphatic heterocycles. The minimum atomic E-state index is 0.116. The van der Waals surface area contributed by atoms with Gasteiger partial charge in [0.2, 0.25) is 6.54 Å². The first kappa shape index (κ1) is 16.5. The Hall–Kier alpha value is -2.38. The molecule has 0 aromatic heterocycles. The molecule has 4 heteroatoms. The fraction of sp³-hybridized carbons (Fsp3) is 0.400. The second-order valence-corrected chi connectivity index (χ2v) is 6.63. The van der Waals surface area contributed by atoms with E-state index in [9.17, 15) is 4.79 Å². The van der Waals surface area contributed by atoms with Gasteiger partial charge < -0.3 is 9.74 Å². The van der Waals surface area contributed by atoms with Crippen LogP contribution in [0.3, 0.4) is 0 Å². The van der Waals surface area contributed by atoms with Crippen LogP contribution in [0.5, 0.6) is 0 Å². The topological polar surface area (TPSA) is 27.9 Å². The van der Waals surface area contributed by atoms with E-state index in [-0.39, 0.29) is 5.91 Å². The maximum Gasteiger partial charge on any atom is 0.253 e. The lowest BCUT2D eigenvalue weighted by atomic mass is 10.0. The average Bonchev–Trinajstić information content (AvgIpc) is 2.61. The summed E-state index contributed by atoms with van der Waals surface area (Å²) in [4.78, 5) is 20.5. The average molecular weight is 321 g/mol. The van der Waals surface area contributed by atoms with Crippen molar-refractivity contribution in [2.24, 2.45) is 0 Å². The number of carbonyl (C=O) groups is 1. The van der Waals surface area contributed by atoms with Crippen molar-refractivity contribution in [3.05, 3.63) is 58.9 Å². The molecule has 1 amide bonds. The summed E-state index contributed by atoms with van der Waals surface area (Å²) in [5.74, 6) is 0.116. The molecule has 1 heterocycles. The van der Waals surface area contributed by atoms with Crippen molar-refractivity contribution in [1.82, 2.24) is 9.80 Å². The minimum absolute atomic E-state index is 0.116. The normalized spacial score (nSPS) is 15.7. The molecule has 0 radical (unpaired) electrons. The number of piperazine rings is 1. The zero-order valence-electron chi connectivity index (χ0n) is 14.3. The number of benzene rings is 2. The van der Waals surface area contributed by atoms with E-state index in [0.29, 0.717) is 12.6 Å². The van der Waals surface area contributed by atoms with Crippen LogP contribution in [0.1, 0.15) is 29.8 Å². The third kappa shape index (κ3) is 3.42. The lowest BCUT2D eigenvalue weighted by Crippen LogP contribution is -2.50. The van der Waals surface area contributed by atoms with Gasteiger partial charge in [-0.25, -0.2) is 6.57 Å². The van der Waals surface area contributed by atoms with E-state index in [1.165, 1.54) is 0 Å². The molecule has 1 aliphatic rings. The van der Waals surface area contributed by atoms with E-state index in [2.05, 4.69) is 23.6 Å². The van der Waals surface area contributed by atoms with Gasteiger partial charge in [0, 0.05) is 43.3 Å². The van der Waals surface area contributed by atoms with Gasteiger partial charge in [0.1, 0.15) is 0 Å². The summed E-state index contributed by atoms with van der Waals surface area (Å²) >= 11 is 0. The van der Waals surface area contributed by atoms with Gasteiger partial charge in [-0.3, -0.25) is 9.69 Å². The Labute approximate surface area is 143 Å². The molecule has 124 valence electrons. The number of hydrogen-bond donors (Lipinski definition) is 0. The summed E-state index contributed by atoms with van der Waals surface area (Å²) in [7, 11) is 0. The molecule has 0 bridgehead atoms. The van der Waals surface area contributed by atoms with Gasteiger partial charge >= 0.3 is 0 Å². The summed E-state index contributed by atoms with van der Waals surface area (Å²) in [6, 6.07) is 12.4. The SMILES string of the molecule is [C-]#[N+]Cc1ccc2cc(C(=O)N3CCN(C(C)C)CC3)ccc2c1. The molecular formula is C20H23N3O. The molecule has 0 unspecified atom stereocenters. The Morgan fingerprint density at radius 1 is 1.08 bits per heavy atom. The Kier molecular flexibility index (Phi) is 4.82. The van der Waals surface area contributed by atoms with Gasteiger partial charge in [-0.15, -0.1) is 0 Å². The van der Waals surface area contributed by atoms with Crippen molar-refractivity contribution in [1.29, 1.82) is 0 Å². The molecule has 1 saturated heterocycles. The standard InChI is InChI=1S/C20H23N3O/c1-15(2)22-8-10-23(11-9-22)20(24)19-7-6-17-12-16(14-21-3)4-5-18(17)13-19/h4-7,12-13,15H,8-11,14H2,1-2H3. The van der Waals surface area contributed by atoms with Crippen LogP contribution in [0.4, 0.5) is 0 Å². The molecule has 24 heavy (non-hydrogen) atoms. The zero-order chi connectivity index (χ0) is 17.1. The molecule has 3 rings (SSSR count). The first-order chi connectivity index (χ1) is 11.6. The lowest BCUT2D eigenvalue weighted by Gasteiger charge is -2.37. The van der Waals surface area contributed by atoms with Crippen molar-refractivity contribution in [2.45, 2.75) is 26.4 Å².